The van der Waals surface area contributed by atoms with Crippen molar-refractivity contribution < 1.29 is 18.7 Å². The van der Waals surface area contributed by atoms with Crippen molar-refractivity contribution in [1.29, 1.82) is 0 Å². The summed E-state index contributed by atoms with van der Waals surface area (Å²) in [5.74, 6) is -0.392. The summed E-state index contributed by atoms with van der Waals surface area (Å²) in [7, 11) is 1.51. The summed E-state index contributed by atoms with van der Waals surface area (Å²) in [6.07, 6.45) is 2.85. The van der Waals surface area contributed by atoms with Crippen molar-refractivity contribution in [1.82, 2.24) is 24.6 Å². The van der Waals surface area contributed by atoms with Crippen LogP contribution in [0.4, 0.5) is 15.9 Å². The average Bonchev–Trinajstić information content (AvgIpc) is 3.26. The highest BCUT2D eigenvalue weighted by Crippen LogP contribution is 2.46. The zero-order chi connectivity index (χ0) is 27.7. The second-order valence-electron chi connectivity index (χ2n) is 8.70. The van der Waals surface area contributed by atoms with Gasteiger partial charge < -0.3 is 20.5 Å². The van der Waals surface area contributed by atoms with Gasteiger partial charge in [-0.05, 0) is 55.3 Å². The first-order valence-corrected chi connectivity index (χ1v) is 11.8. The maximum atomic E-state index is 15.4. The smallest absolute Gasteiger partial charge is 0.322 e. The SMILES string of the molecule is C=C(C)C(=O)Nc1ccc(-c2c(-c3ccc(Oc4nccc(C)n4)c(F)c3)c3c(N)ncnn3c2OC)cc1. The first-order valence-electron chi connectivity index (χ1n) is 11.8. The topological polar surface area (TPSA) is 130 Å². The molecule has 3 N–H and O–H groups in total. The maximum Gasteiger partial charge on any atom is 0.322 e. The summed E-state index contributed by atoms with van der Waals surface area (Å²) in [6.45, 7) is 7.07. The van der Waals surface area contributed by atoms with Gasteiger partial charge in [-0.25, -0.2) is 19.3 Å². The molecule has 0 aliphatic heterocycles. The fourth-order valence-corrected chi connectivity index (χ4v) is 4.09. The first-order chi connectivity index (χ1) is 18.8. The van der Waals surface area contributed by atoms with Crippen molar-refractivity contribution in [2.75, 3.05) is 18.2 Å². The Morgan fingerprint density at radius 3 is 2.49 bits per heavy atom. The van der Waals surface area contributed by atoms with Crippen LogP contribution in [0.2, 0.25) is 0 Å². The molecule has 0 bridgehead atoms. The number of methoxy groups -OCH3 is 1. The van der Waals surface area contributed by atoms with E-state index in [4.69, 9.17) is 15.2 Å². The molecule has 0 radical (unpaired) electrons. The van der Waals surface area contributed by atoms with Crippen molar-refractivity contribution in [2.24, 2.45) is 0 Å². The summed E-state index contributed by atoms with van der Waals surface area (Å²) in [6, 6.07) is 13.4. The molecular formula is C28H24FN7O3. The molecule has 0 aliphatic carbocycles. The van der Waals surface area contributed by atoms with E-state index in [2.05, 4.69) is 31.9 Å². The Labute approximate surface area is 223 Å². The molecule has 5 aromatic rings. The van der Waals surface area contributed by atoms with Gasteiger partial charge in [0.05, 0.1) is 12.7 Å². The van der Waals surface area contributed by atoms with Crippen molar-refractivity contribution in [3.8, 4) is 39.9 Å². The number of amides is 1. The number of fused-ring (bicyclic) bond motifs is 1. The number of ether oxygens (including phenoxy) is 2. The van der Waals surface area contributed by atoms with E-state index in [0.717, 1.165) is 0 Å². The molecule has 0 spiro atoms. The molecule has 0 saturated heterocycles. The number of nitrogen functional groups attached to an aromatic ring is 1. The first kappa shape index (κ1) is 25.3. The number of aromatic nitrogens is 5. The van der Waals surface area contributed by atoms with Gasteiger partial charge in [0.1, 0.15) is 11.8 Å². The molecule has 1 amide bonds. The standard InChI is InChI=1S/C28H24FN7O3/c1-15(2)26(37)35-19-8-5-17(6-9-19)23-22(24-25(30)32-14-33-36(24)27(23)38-4)18-7-10-21(20(29)13-18)39-28-31-12-11-16(3)34-28/h5-14H,1H2,2-4H3,(H,35,37)(H2,30,32,33). The van der Waals surface area contributed by atoms with Crippen LogP contribution in [-0.4, -0.2) is 37.6 Å². The number of nitrogens with two attached hydrogens (primary N) is 1. The second-order valence-corrected chi connectivity index (χ2v) is 8.70. The van der Waals surface area contributed by atoms with Gasteiger partial charge in [0, 0.05) is 28.7 Å². The molecule has 0 fully saturated rings. The Morgan fingerprint density at radius 1 is 1.08 bits per heavy atom. The van der Waals surface area contributed by atoms with E-state index in [-0.39, 0.29) is 23.5 Å². The molecule has 39 heavy (non-hydrogen) atoms. The molecule has 3 aromatic heterocycles. The number of carbonyl (C=O) groups is 1. The van der Waals surface area contributed by atoms with Crippen LogP contribution in [0.15, 0.2) is 73.2 Å². The highest BCUT2D eigenvalue weighted by atomic mass is 19.1. The number of rotatable bonds is 7. The Morgan fingerprint density at radius 2 is 1.82 bits per heavy atom. The normalized spacial score (nSPS) is 10.9. The van der Waals surface area contributed by atoms with Gasteiger partial charge in [-0.1, -0.05) is 24.8 Å². The lowest BCUT2D eigenvalue weighted by Gasteiger charge is -2.11. The predicted octanol–water partition coefficient (Wildman–Crippen LogP) is 5.20. The van der Waals surface area contributed by atoms with Crippen LogP contribution in [0.1, 0.15) is 12.6 Å². The number of carbonyl (C=O) groups excluding carboxylic acids is 1. The van der Waals surface area contributed by atoms with Crippen molar-refractivity contribution >= 4 is 22.9 Å². The van der Waals surface area contributed by atoms with Crippen LogP contribution < -0.4 is 20.5 Å². The number of aryl methyl sites for hydroxylation is 1. The van der Waals surface area contributed by atoms with Gasteiger partial charge >= 0.3 is 6.01 Å². The van der Waals surface area contributed by atoms with Gasteiger partial charge in [-0.2, -0.15) is 9.61 Å². The van der Waals surface area contributed by atoms with E-state index in [1.165, 1.54) is 36.3 Å². The largest absolute Gasteiger partial charge is 0.480 e. The van der Waals surface area contributed by atoms with E-state index in [1.807, 2.05) is 0 Å². The van der Waals surface area contributed by atoms with Crippen LogP contribution >= 0.6 is 0 Å². The zero-order valence-electron chi connectivity index (χ0n) is 21.4. The average molecular weight is 526 g/mol. The van der Waals surface area contributed by atoms with Crippen LogP contribution in [0, 0.1) is 12.7 Å². The van der Waals surface area contributed by atoms with E-state index < -0.39 is 5.82 Å². The molecule has 10 nitrogen and oxygen atoms in total. The number of halogens is 1. The van der Waals surface area contributed by atoms with E-state index in [9.17, 15) is 4.79 Å². The fraction of sp³-hybridized carbons (Fsp3) is 0.107. The minimum Gasteiger partial charge on any atom is -0.480 e. The van der Waals surface area contributed by atoms with E-state index >= 15 is 4.39 Å². The number of benzene rings is 2. The summed E-state index contributed by atoms with van der Waals surface area (Å²) >= 11 is 0. The zero-order valence-corrected chi connectivity index (χ0v) is 21.4. The van der Waals surface area contributed by atoms with Crippen molar-refractivity contribution in [3.63, 3.8) is 0 Å². The number of nitrogens with one attached hydrogen (secondary N) is 1. The predicted molar refractivity (Wildman–Crippen MR) is 145 cm³/mol. The van der Waals surface area contributed by atoms with Crippen molar-refractivity contribution in [3.05, 3.63) is 84.7 Å². The van der Waals surface area contributed by atoms with Crippen LogP contribution in [0.25, 0.3) is 27.8 Å². The molecule has 0 saturated carbocycles. The molecule has 11 heteroatoms. The monoisotopic (exact) mass is 525 g/mol. The number of anilines is 2. The Balaban J connectivity index is 1.64. The highest BCUT2D eigenvalue weighted by Gasteiger charge is 2.26. The quantitative estimate of drug-likeness (QED) is 0.278. The van der Waals surface area contributed by atoms with Gasteiger partial charge in [0.25, 0.3) is 5.91 Å². The summed E-state index contributed by atoms with van der Waals surface area (Å²) in [5.41, 5.74) is 10.8. The fourth-order valence-electron chi connectivity index (χ4n) is 4.09. The number of hydrogen-bond donors (Lipinski definition) is 2. The second kappa shape index (κ2) is 10.2. The molecule has 0 aliphatic rings. The van der Waals surface area contributed by atoms with Gasteiger partial charge in [-0.15, -0.1) is 0 Å². The third-order valence-electron chi connectivity index (χ3n) is 5.92. The number of hydrogen-bond acceptors (Lipinski definition) is 8. The molecule has 5 rings (SSSR count). The van der Waals surface area contributed by atoms with Crippen molar-refractivity contribution in [2.45, 2.75) is 13.8 Å². The molecular weight excluding hydrogens is 501 g/mol. The molecule has 0 unspecified atom stereocenters. The van der Waals surface area contributed by atoms with Crippen LogP contribution in [-0.2, 0) is 4.79 Å². The van der Waals surface area contributed by atoms with E-state index in [1.54, 1.807) is 50.2 Å². The van der Waals surface area contributed by atoms with Gasteiger partial charge in [-0.3, -0.25) is 4.79 Å². The third kappa shape index (κ3) is 4.85. The number of nitrogens with zero attached hydrogens (tertiary/aromatic N) is 5. The Hall–Kier alpha value is -5.32. The van der Waals surface area contributed by atoms with Crippen LogP contribution in [0.3, 0.4) is 0 Å². The van der Waals surface area contributed by atoms with Gasteiger partial charge in [0.2, 0.25) is 5.88 Å². The summed E-state index contributed by atoms with van der Waals surface area (Å²) in [5, 5.41) is 7.10. The van der Waals surface area contributed by atoms with Crippen LogP contribution in [0.5, 0.6) is 17.6 Å². The summed E-state index contributed by atoms with van der Waals surface area (Å²) in [4.78, 5) is 24.4. The Kier molecular flexibility index (Phi) is 6.63. The molecule has 196 valence electrons. The lowest BCUT2D eigenvalue weighted by molar-refractivity contribution is -0.112. The minimum atomic E-state index is -0.629. The maximum absolute atomic E-state index is 15.4. The third-order valence-corrected chi connectivity index (χ3v) is 5.92. The summed E-state index contributed by atoms with van der Waals surface area (Å²) < 4.78 is 28.2. The van der Waals surface area contributed by atoms with Gasteiger partial charge in [0.15, 0.2) is 17.4 Å². The molecule has 0 atom stereocenters. The highest BCUT2D eigenvalue weighted by molar-refractivity contribution is 6.04. The molecule has 2 aromatic carbocycles. The Bertz CT molecular complexity index is 1730. The lowest BCUT2D eigenvalue weighted by Crippen LogP contribution is -2.11. The molecule has 3 heterocycles. The van der Waals surface area contributed by atoms with E-state index in [0.29, 0.717) is 50.6 Å². The minimum absolute atomic E-state index is 0.0369. The lowest BCUT2D eigenvalue weighted by atomic mass is 9.96.